The van der Waals surface area contributed by atoms with Crippen molar-refractivity contribution >= 4 is 11.8 Å². The molecule has 0 bridgehead atoms. The van der Waals surface area contributed by atoms with Crippen molar-refractivity contribution in [3.05, 3.63) is 47.5 Å². The molecule has 142 valence electrons. The highest BCUT2D eigenvalue weighted by Gasteiger charge is 2.30. The third-order valence-corrected chi connectivity index (χ3v) is 5.24. The van der Waals surface area contributed by atoms with Gasteiger partial charge in [0.05, 0.1) is 6.20 Å². The van der Waals surface area contributed by atoms with Gasteiger partial charge in [-0.25, -0.2) is 4.39 Å². The molecule has 2 aliphatic rings. The number of aromatic nitrogens is 3. The van der Waals surface area contributed by atoms with Crippen LogP contribution in [0.2, 0.25) is 0 Å². The highest BCUT2D eigenvalue weighted by Crippen LogP contribution is 2.22. The lowest BCUT2D eigenvalue weighted by Gasteiger charge is -2.25. The first-order chi connectivity index (χ1) is 13.1. The van der Waals surface area contributed by atoms with Gasteiger partial charge in [-0.3, -0.25) is 14.3 Å². The fourth-order valence-electron chi connectivity index (χ4n) is 3.51. The highest BCUT2D eigenvalue weighted by molar-refractivity contribution is 5.92. The fraction of sp³-hybridized carbons (Fsp3) is 0.474. The maximum Gasteiger partial charge on any atom is 0.273 e. The molecule has 0 spiro atoms. The van der Waals surface area contributed by atoms with Crippen molar-refractivity contribution in [2.24, 2.45) is 5.92 Å². The van der Waals surface area contributed by atoms with Crippen LogP contribution in [0.1, 0.15) is 41.7 Å². The van der Waals surface area contributed by atoms with Crippen LogP contribution in [0.25, 0.3) is 0 Å². The van der Waals surface area contributed by atoms with E-state index >= 15 is 0 Å². The lowest BCUT2D eigenvalue weighted by molar-refractivity contribution is -0.128. The van der Waals surface area contributed by atoms with Crippen LogP contribution in [0.3, 0.4) is 0 Å². The van der Waals surface area contributed by atoms with Crippen LogP contribution in [0.15, 0.2) is 30.5 Å². The van der Waals surface area contributed by atoms with Gasteiger partial charge in [-0.2, -0.15) is 0 Å². The Kier molecular flexibility index (Phi) is 4.87. The van der Waals surface area contributed by atoms with Crippen LogP contribution in [0, 0.1) is 11.7 Å². The summed E-state index contributed by atoms with van der Waals surface area (Å²) in [6.45, 7) is 1.62. The van der Waals surface area contributed by atoms with E-state index in [1.54, 1.807) is 27.9 Å². The molecule has 1 aliphatic heterocycles. The summed E-state index contributed by atoms with van der Waals surface area (Å²) in [6, 6.07) is 6.45. The van der Waals surface area contributed by atoms with E-state index in [0.29, 0.717) is 31.7 Å². The molecule has 1 saturated carbocycles. The molecule has 1 unspecified atom stereocenters. The lowest BCUT2D eigenvalue weighted by atomic mass is 9.93. The Balaban J connectivity index is 1.31. The van der Waals surface area contributed by atoms with E-state index in [4.69, 9.17) is 0 Å². The summed E-state index contributed by atoms with van der Waals surface area (Å²) in [5, 5.41) is 10.9. The Bertz CT molecular complexity index is 831. The largest absolute Gasteiger partial charge is 0.348 e. The molecule has 1 atom stereocenters. The van der Waals surface area contributed by atoms with E-state index in [0.717, 1.165) is 24.8 Å². The minimum Gasteiger partial charge on any atom is -0.348 e. The maximum atomic E-state index is 13.0. The van der Waals surface area contributed by atoms with Gasteiger partial charge in [0.1, 0.15) is 5.82 Å². The molecule has 2 heterocycles. The predicted molar refractivity (Wildman–Crippen MR) is 95.1 cm³/mol. The zero-order valence-corrected chi connectivity index (χ0v) is 15.0. The molecule has 27 heavy (non-hydrogen) atoms. The molecule has 1 aliphatic carbocycles. The van der Waals surface area contributed by atoms with Crippen molar-refractivity contribution in [2.75, 3.05) is 6.54 Å². The Labute approximate surface area is 156 Å². The minimum absolute atomic E-state index is 0.0763. The van der Waals surface area contributed by atoms with E-state index in [1.165, 1.54) is 12.1 Å². The summed E-state index contributed by atoms with van der Waals surface area (Å²) in [4.78, 5) is 26.2. The molecule has 2 amide bonds. The number of nitrogens with one attached hydrogen (secondary N) is 1. The van der Waals surface area contributed by atoms with Gasteiger partial charge in [0.15, 0.2) is 5.69 Å². The zero-order valence-electron chi connectivity index (χ0n) is 15.0. The quantitative estimate of drug-likeness (QED) is 0.839. The standard InChI is InChI=1S/C19H22FN5O2/c20-15-6-4-13(5-7-15)9-24-10-14(8-18(24)26)11-25-12-17(22-23-25)19(27)21-16-2-1-3-16/h4-7,12,14,16H,1-3,8-11H2,(H,21,27). The summed E-state index contributed by atoms with van der Waals surface area (Å²) in [6.07, 6.45) is 5.27. The Morgan fingerprint density at radius 1 is 1.26 bits per heavy atom. The molecule has 1 aromatic heterocycles. The average molecular weight is 371 g/mol. The number of likely N-dealkylation sites (tertiary alicyclic amines) is 1. The molecule has 1 aromatic carbocycles. The number of benzene rings is 1. The normalized spacial score (nSPS) is 20.0. The first-order valence-corrected chi connectivity index (χ1v) is 9.30. The summed E-state index contributed by atoms with van der Waals surface area (Å²) < 4.78 is 14.6. The second-order valence-corrected chi connectivity index (χ2v) is 7.40. The number of amides is 2. The second-order valence-electron chi connectivity index (χ2n) is 7.40. The van der Waals surface area contributed by atoms with Crippen molar-refractivity contribution in [3.63, 3.8) is 0 Å². The lowest BCUT2D eigenvalue weighted by Crippen LogP contribution is -2.39. The first kappa shape index (κ1) is 17.6. The topological polar surface area (TPSA) is 80.1 Å². The molecule has 1 N–H and O–H groups in total. The SMILES string of the molecule is O=C(NC1CCC1)c1cn(CC2CC(=O)N(Cc3ccc(F)cc3)C2)nn1. The van der Waals surface area contributed by atoms with Crippen LogP contribution in [0.4, 0.5) is 4.39 Å². The van der Waals surface area contributed by atoms with E-state index in [1.807, 2.05) is 0 Å². The average Bonchev–Trinajstić information content (AvgIpc) is 3.20. The molecular weight excluding hydrogens is 349 g/mol. The number of hydrogen-bond acceptors (Lipinski definition) is 4. The Morgan fingerprint density at radius 3 is 2.74 bits per heavy atom. The molecule has 1 saturated heterocycles. The summed E-state index contributed by atoms with van der Waals surface area (Å²) >= 11 is 0. The molecule has 4 rings (SSSR count). The number of rotatable bonds is 6. The van der Waals surface area contributed by atoms with Crippen LogP contribution >= 0.6 is 0 Å². The molecule has 2 aromatic rings. The summed E-state index contributed by atoms with van der Waals surface area (Å²) in [7, 11) is 0. The monoisotopic (exact) mass is 371 g/mol. The van der Waals surface area contributed by atoms with E-state index in [9.17, 15) is 14.0 Å². The van der Waals surface area contributed by atoms with Gasteiger partial charge in [-0.15, -0.1) is 5.10 Å². The highest BCUT2D eigenvalue weighted by atomic mass is 19.1. The van der Waals surface area contributed by atoms with Crippen LogP contribution < -0.4 is 5.32 Å². The Hall–Kier alpha value is -2.77. The van der Waals surface area contributed by atoms with E-state index < -0.39 is 0 Å². The number of hydrogen-bond donors (Lipinski definition) is 1. The maximum absolute atomic E-state index is 13.0. The predicted octanol–water partition coefficient (Wildman–Crippen LogP) is 1.75. The van der Waals surface area contributed by atoms with Crippen molar-refractivity contribution in [2.45, 2.75) is 44.8 Å². The van der Waals surface area contributed by atoms with Gasteiger partial charge in [0.2, 0.25) is 5.91 Å². The third kappa shape index (κ3) is 4.15. The first-order valence-electron chi connectivity index (χ1n) is 9.30. The van der Waals surface area contributed by atoms with Crippen LogP contribution in [-0.4, -0.2) is 44.3 Å². The van der Waals surface area contributed by atoms with Crippen molar-refractivity contribution in [1.29, 1.82) is 0 Å². The van der Waals surface area contributed by atoms with Gasteiger partial charge >= 0.3 is 0 Å². The van der Waals surface area contributed by atoms with Gasteiger partial charge in [0, 0.05) is 38.0 Å². The third-order valence-electron chi connectivity index (χ3n) is 5.24. The van der Waals surface area contributed by atoms with Gasteiger partial charge in [-0.1, -0.05) is 17.3 Å². The smallest absolute Gasteiger partial charge is 0.273 e. The van der Waals surface area contributed by atoms with Crippen LogP contribution in [-0.2, 0) is 17.9 Å². The Morgan fingerprint density at radius 2 is 2.04 bits per heavy atom. The molecule has 8 heteroatoms. The number of halogens is 1. The van der Waals surface area contributed by atoms with Gasteiger partial charge in [-0.05, 0) is 37.0 Å². The zero-order chi connectivity index (χ0) is 18.8. The fourth-order valence-corrected chi connectivity index (χ4v) is 3.51. The van der Waals surface area contributed by atoms with Crippen molar-refractivity contribution < 1.29 is 14.0 Å². The molecule has 2 fully saturated rings. The number of carbonyl (C=O) groups excluding carboxylic acids is 2. The summed E-state index contributed by atoms with van der Waals surface area (Å²) in [5.74, 6) is -0.284. The molecule has 7 nitrogen and oxygen atoms in total. The van der Waals surface area contributed by atoms with Gasteiger partial charge in [0.25, 0.3) is 5.91 Å². The molecule has 0 radical (unpaired) electrons. The second kappa shape index (κ2) is 7.46. The number of carbonyl (C=O) groups is 2. The van der Waals surface area contributed by atoms with Crippen LogP contribution in [0.5, 0.6) is 0 Å². The number of nitrogens with zero attached hydrogens (tertiary/aromatic N) is 4. The van der Waals surface area contributed by atoms with Crippen molar-refractivity contribution in [3.8, 4) is 0 Å². The van der Waals surface area contributed by atoms with Crippen molar-refractivity contribution in [1.82, 2.24) is 25.2 Å². The van der Waals surface area contributed by atoms with E-state index in [2.05, 4.69) is 15.6 Å². The van der Waals surface area contributed by atoms with Gasteiger partial charge < -0.3 is 10.2 Å². The van der Waals surface area contributed by atoms with E-state index in [-0.39, 0.29) is 29.6 Å². The minimum atomic E-state index is -0.285. The summed E-state index contributed by atoms with van der Waals surface area (Å²) in [5.41, 5.74) is 1.22. The molecular formula is C19H22FN5O2.